The number of aromatic hydroxyl groups is 1. The molecule has 5 heteroatoms. The fourth-order valence-corrected chi connectivity index (χ4v) is 3.57. The third kappa shape index (κ3) is 3.85. The number of ketones is 1. The Morgan fingerprint density at radius 1 is 1.04 bits per heavy atom. The number of fused-ring (bicyclic) bond motifs is 1. The van der Waals surface area contributed by atoms with Crippen LogP contribution in [-0.4, -0.2) is 39.4 Å². The van der Waals surface area contributed by atoms with Gasteiger partial charge in [-0.1, -0.05) is 18.2 Å². The van der Waals surface area contributed by atoms with Crippen LogP contribution in [0.1, 0.15) is 35.6 Å². The Labute approximate surface area is 165 Å². The minimum absolute atomic E-state index is 0.00603. The zero-order chi connectivity index (χ0) is 20.4. The molecule has 3 rings (SSSR count). The van der Waals surface area contributed by atoms with E-state index < -0.39 is 0 Å². The summed E-state index contributed by atoms with van der Waals surface area (Å²) in [5.74, 6) is -0.0170. The lowest BCUT2D eigenvalue weighted by molar-refractivity contribution is -0.118. The van der Waals surface area contributed by atoms with Gasteiger partial charge in [-0.05, 0) is 62.6 Å². The van der Waals surface area contributed by atoms with Crippen molar-refractivity contribution < 1.29 is 15.0 Å². The molecule has 0 spiro atoms. The highest BCUT2D eigenvalue weighted by Crippen LogP contribution is 2.36. The summed E-state index contributed by atoms with van der Waals surface area (Å²) in [6, 6.07) is 12.2. The number of carbonyl (C=O) groups is 1. The Hall–Kier alpha value is -2.92. The summed E-state index contributed by atoms with van der Waals surface area (Å²) in [6.45, 7) is 7.70. The summed E-state index contributed by atoms with van der Waals surface area (Å²) >= 11 is 0. The largest absolute Gasteiger partial charge is 0.494 e. The van der Waals surface area contributed by atoms with E-state index in [0.717, 1.165) is 33.3 Å². The lowest BCUT2D eigenvalue weighted by Crippen LogP contribution is -2.07. The van der Waals surface area contributed by atoms with Gasteiger partial charge in [-0.15, -0.1) is 0 Å². The number of hydrogen-bond acceptors (Lipinski definition) is 4. The molecule has 0 radical (unpaired) electrons. The van der Waals surface area contributed by atoms with Gasteiger partial charge >= 0.3 is 0 Å². The number of aryl methyl sites for hydroxylation is 3. The molecule has 0 bridgehead atoms. The predicted molar refractivity (Wildman–Crippen MR) is 113 cm³/mol. The fraction of sp³-hybridized carbons (Fsp3) is 0.304. The Kier molecular flexibility index (Phi) is 5.66. The van der Waals surface area contributed by atoms with Crippen LogP contribution >= 0.6 is 0 Å². The number of nitrogens with zero attached hydrogens (tertiary/aromatic N) is 2. The molecule has 0 saturated carbocycles. The third-order valence-electron chi connectivity index (χ3n) is 4.81. The maximum Gasteiger partial charge on any atom is 0.206 e. The zero-order valence-electron chi connectivity index (χ0n) is 16.8. The van der Waals surface area contributed by atoms with Gasteiger partial charge in [0.15, 0.2) is 5.78 Å². The first-order chi connectivity index (χ1) is 13.3. The number of benzene rings is 2. The Bertz CT molecular complexity index is 1060. The van der Waals surface area contributed by atoms with E-state index in [-0.39, 0.29) is 31.2 Å². The van der Waals surface area contributed by atoms with Gasteiger partial charge in [0.1, 0.15) is 0 Å². The number of rotatable bonds is 6. The van der Waals surface area contributed by atoms with Crippen molar-refractivity contribution in [3.8, 4) is 11.6 Å². The van der Waals surface area contributed by atoms with Crippen LogP contribution in [0.3, 0.4) is 0 Å². The molecule has 5 nitrogen and oxygen atoms in total. The first kappa shape index (κ1) is 19.8. The summed E-state index contributed by atoms with van der Waals surface area (Å²) < 4.78 is 1.84. The monoisotopic (exact) mass is 378 g/mol. The van der Waals surface area contributed by atoms with Crippen LogP contribution in [0.4, 0.5) is 0 Å². The fourth-order valence-electron chi connectivity index (χ4n) is 3.57. The number of hydrogen-bond donors (Lipinski definition) is 2. The van der Waals surface area contributed by atoms with Gasteiger partial charge in [0.2, 0.25) is 5.88 Å². The molecule has 0 unspecified atom stereocenters. The molecule has 0 aliphatic rings. The lowest BCUT2D eigenvalue weighted by Gasteiger charge is -2.10. The summed E-state index contributed by atoms with van der Waals surface area (Å²) in [6.07, 6.45) is 0.0896. The van der Waals surface area contributed by atoms with Crippen molar-refractivity contribution in [3.63, 3.8) is 0 Å². The molecular formula is C23H26N2O3. The van der Waals surface area contributed by atoms with E-state index in [9.17, 15) is 9.90 Å². The van der Waals surface area contributed by atoms with Gasteiger partial charge in [0.05, 0.1) is 24.2 Å². The van der Waals surface area contributed by atoms with Crippen molar-refractivity contribution in [2.24, 2.45) is 4.99 Å². The van der Waals surface area contributed by atoms with Crippen LogP contribution < -0.4 is 0 Å². The smallest absolute Gasteiger partial charge is 0.206 e. The maximum atomic E-state index is 11.7. The van der Waals surface area contributed by atoms with Crippen molar-refractivity contribution in [2.75, 3.05) is 13.2 Å². The molecule has 0 aliphatic carbocycles. The van der Waals surface area contributed by atoms with Crippen LogP contribution in [0.2, 0.25) is 0 Å². The van der Waals surface area contributed by atoms with E-state index in [1.165, 1.54) is 0 Å². The maximum absolute atomic E-state index is 11.7. The van der Waals surface area contributed by atoms with Crippen molar-refractivity contribution in [1.29, 1.82) is 0 Å². The molecule has 2 aromatic carbocycles. The molecule has 0 saturated heterocycles. The molecule has 28 heavy (non-hydrogen) atoms. The van der Waals surface area contributed by atoms with E-state index in [2.05, 4.69) is 11.1 Å². The molecule has 2 N–H and O–H groups in total. The quantitative estimate of drug-likeness (QED) is 0.636. The second-order valence-electron chi connectivity index (χ2n) is 7.31. The second-order valence-corrected chi connectivity index (χ2v) is 7.31. The van der Waals surface area contributed by atoms with E-state index in [0.29, 0.717) is 11.3 Å². The van der Waals surface area contributed by atoms with Gasteiger partial charge in [-0.25, -0.2) is 0 Å². The summed E-state index contributed by atoms with van der Waals surface area (Å²) in [7, 11) is 0. The molecule has 1 heterocycles. The molecule has 3 aromatic rings. The molecule has 0 amide bonds. The highest BCUT2D eigenvalue weighted by molar-refractivity contribution is 6.13. The number of carbonyl (C=O) groups excluding carboxylic acids is 1. The van der Waals surface area contributed by atoms with Crippen molar-refractivity contribution in [1.82, 2.24) is 4.57 Å². The SMILES string of the molecule is CC(=NCC(=O)CCO)c1c(O)n(-c2cc(C)cc(C)c2)c2cc(C)ccc12. The van der Waals surface area contributed by atoms with Crippen LogP contribution in [0, 0.1) is 20.8 Å². The van der Waals surface area contributed by atoms with Crippen molar-refractivity contribution in [3.05, 3.63) is 58.7 Å². The Morgan fingerprint density at radius 2 is 1.71 bits per heavy atom. The zero-order valence-corrected chi connectivity index (χ0v) is 16.8. The van der Waals surface area contributed by atoms with Gasteiger partial charge in [0.25, 0.3) is 0 Å². The van der Waals surface area contributed by atoms with Crippen molar-refractivity contribution in [2.45, 2.75) is 34.1 Å². The summed E-state index contributed by atoms with van der Waals surface area (Å²) in [5.41, 5.74) is 6.34. The molecular weight excluding hydrogens is 352 g/mol. The predicted octanol–water partition coefficient (Wildman–Crippen LogP) is 4.02. The number of aliphatic hydroxyl groups excluding tert-OH is 1. The third-order valence-corrected chi connectivity index (χ3v) is 4.81. The first-order valence-corrected chi connectivity index (χ1v) is 9.38. The van der Waals surface area contributed by atoms with Crippen LogP contribution in [0.5, 0.6) is 5.88 Å². The van der Waals surface area contributed by atoms with Gasteiger partial charge in [-0.3, -0.25) is 14.4 Å². The number of Topliss-reactive ketones (excluding diaryl/α,β-unsaturated/α-hetero) is 1. The van der Waals surface area contributed by atoms with Crippen LogP contribution in [-0.2, 0) is 4.79 Å². The minimum Gasteiger partial charge on any atom is -0.494 e. The summed E-state index contributed by atoms with van der Waals surface area (Å²) in [4.78, 5) is 16.1. The number of aliphatic hydroxyl groups is 1. The van der Waals surface area contributed by atoms with Crippen LogP contribution in [0.25, 0.3) is 16.6 Å². The molecule has 1 aromatic heterocycles. The van der Waals surface area contributed by atoms with E-state index >= 15 is 0 Å². The molecule has 0 fully saturated rings. The van der Waals surface area contributed by atoms with Gasteiger partial charge in [-0.2, -0.15) is 0 Å². The summed E-state index contributed by atoms with van der Waals surface area (Å²) in [5, 5.41) is 20.9. The van der Waals surface area contributed by atoms with E-state index in [1.54, 1.807) is 6.92 Å². The topological polar surface area (TPSA) is 74.8 Å². The Balaban J connectivity index is 2.21. The highest BCUT2D eigenvalue weighted by atomic mass is 16.3. The second kappa shape index (κ2) is 7.98. The van der Waals surface area contributed by atoms with E-state index in [4.69, 9.17) is 5.11 Å². The van der Waals surface area contributed by atoms with Gasteiger partial charge in [0, 0.05) is 23.2 Å². The highest BCUT2D eigenvalue weighted by Gasteiger charge is 2.20. The van der Waals surface area contributed by atoms with E-state index in [1.807, 2.05) is 55.7 Å². The number of aromatic nitrogens is 1. The standard InChI is InChI=1S/C23H26N2O3/c1-14-5-6-20-21(12-14)25(18-10-15(2)9-16(3)11-18)23(28)22(20)17(4)24-13-19(27)7-8-26/h5-6,9-12,26,28H,7-8,13H2,1-4H3. The molecule has 146 valence electrons. The normalized spacial score (nSPS) is 12.0. The lowest BCUT2D eigenvalue weighted by atomic mass is 10.1. The average molecular weight is 378 g/mol. The molecule has 0 atom stereocenters. The van der Waals surface area contributed by atoms with Crippen molar-refractivity contribution >= 4 is 22.4 Å². The van der Waals surface area contributed by atoms with Crippen LogP contribution in [0.15, 0.2) is 41.4 Å². The molecule has 0 aliphatic heterocycles. The number of aliphatic imine (C=N–C) groups is 1. The van der Waals surface area contributed by atoms with Gasteiger partial charge < -0.3 is 10.2 Å². The average Bonchev–Trinajstić information content (AvgIpc) is 2.90. The first-order valence-electron chi connectivity index (χ1n) is 9.38. The Morgan fingerprint density at radius 3 is 2.36 bits per heavy atom. The minimum atomic E-state index is -0.177.